The zero-order valence-electron chi connectivity index (χ0n) is 7.58. The summed E-state index contributed by atoms with van der Waals surface area (Å²) in [6.07, 6.45) is 0. The molecule has 0 radical (unpaired) electrons. The number of carboxylic acids is 1. The lowest BCUT2D eigenvalue weighted by Gasteiger charge is -2.05. The molecule has 3 nitrogen and oxygen atoms in total. The minimum absolute atomic E-state index is 0.200. The van der Waals surface area contributed by atoms with Gasteiger partial charge in [0.1, 0.15) is 18.3 Å². The van der Waals surface area contributed by atoms with Crippen molar-refractivity contribution in [3.63, 3.8) is 0 Å². The van der Waals surface area contributed by atoms with Gasteiger partial charge in [0.15, 0.2) is 0 Å². The number of ether oxygens (including phenoxy) is 1. The van der Waals surface area contributed by atoms with Crippen LogP contribution in [0.1, 0.15) is 17.0 Å². The van der Waals surface area contributed by atoms with Gasteiger partial charge in [0.05, 0.1) is 0 Å². The quantitative estimate of drug-likeness (QED) is 0.777. The first-order chi connectivity index (χ1) is 6.61. The molecule has 0 aliphatic carbocycles. The van der Waals surface area contributed by atoms with Crippen LogP contribution in [0.15, 0.2) is 12.1 Å². The van der Waals surface area contributed by atoms with Gasteiger partial charge in [0.25, 0.3) is 0 Å². The fraction of sp³-hybridized carbons (Fsp3) is 0.300. The fourth-order valence-corrected chi connectivity index (χ4v) is 1.76. The van der Waals surface area contributed by atoms with Crippen molar-refractivity contribution in [1.82, 2.24) is 0 Å². The molecule has 0 bridgehead atoms. The van der Waals surface area contributed by atoms with Crippen LogP contribution in [0.5, 0.6) is 5.75 Å². The SMILES string of the molecule is Cc1c(Cl)ccc2c1OCC2C(=O)O. The van der Waals surface area contributed by atoms with Crippen LogP contribution in [-0.2, 0) is 4.79 Å². The highest BCUT2D eigenvalue weighted by Crippen LogP contribution is 2.39. The number of rotatable bonds is 1. The van der Waals surface area contributed by atoms with Crippen LogP contribution < -0.4 is 4.74 Å². The number of aliphatic carboxylic acids is 1. The molecule has 74 valence electrons. The van der Waals surface area contributed by atoms with Crippen molar-refractivity contribution in [1.29, 1.82) is 0 Å². The van der Waals surface area contributed by atoms with Crippen LogP contribution in [0, 0.1) is 6.92 Å². The van der Waals surface area contributed by atoms with Gasteiger partial charge in [-0.15, -0.1) is 0 Å². The summed E-state index contributed by atoms with van der Waals surface area (Å²) < 4.78 is 5.32. The van der Waals surface area contributed by atoms with E-state index in [1.165, 1.54) is 0 Å². The Hall–Kier alpha value is -1.22. The van der Waals surface area contributed by atoms with Gasteiger partial charge >= 0.3 is 5.97 Å². The Balaban J connectivity index is 2.53. The molecule has 4 heteroatoms. The van der Waals surface area contributed by atoms with E-state index >= 15 is 0 Å². The van der Waals surface area contributed by atoms with Crippen LogP contribution in [0.4, 0.5) is 0 Å². The summed E-state index contributed by atoms with van der Waals surface area (Å²) in [5.74, 6) is -0.781. The molecule has 0 spiro atoms. The average Bonchev–Trinajstić information content (AvgIpc) is 2.55. The molecule has 1 N–H and O–H groups in total. The molecule has 1 aromatic rings. The third-order valence-electron chi connectivity index (χ3n) is 2.44. The van der Waals surface area contributed by atoms with E-state index in [0.29, 0.717) is 10.8 Å². The Morgan fingerprint density at radius 3 is 3.00 bits per heavy atom. The maximum absolute atomic E-state index is 10.8. The van der Waals surface area contributed by atoms with Gasteiger partial charge in [0, 0.05) is 16.1 Å². The first kappa shape index (κ1) is 9.34. The molecule has 1 aromatic carbocycles. The first-order valence-electron chi connectivity index (χ1n) is 4.26. The van der Waals surface area contributed by atoms with E-state index in [9.17, 15) is 4.79 Å². The third kappa shape index (κ3) is 1.24. The van der Waals surface area contributed by atoms with Crippen molar-refractivity contribution >= 4 is 17.6 Å². The molecule has 2 rings (SSSR count). The number of benzene rings is 1. The van der Waals surface area contributed by atoms with Crippen LogP contribution in [0.3, 0.4) is 0 Å². The number of carbonyl (C=O) groups is 1. The van der Waals surface area contributed by atoms with Gasteiger partial charge in [-0.25, -0.2) is 0 Å². The molecule has 0 fully saturated rings. The predicted molar refractivity (Wildman–Crippen MR) is 52.1 cm³/mol. The summed E-state index contributed by atoms with van der Waals surface area (Å²) in [4.78, 5) is 10.8. The van der Waals surface area contributed by atoms with Crippen molar-refractivity contribution < 1.29 is 14.6 Å². The molecular weight excluding hydrogens is 204 g/mol. The maximum Gasteiger partial charge on any atom is 0.314 e. The van der Waals surface area contributed by atoms with E-state index in [0.717, 1.165) is 11.1 Å². The van der Waals surface area contributed by atoms with Crippen LogP contribution in [0.2, 0.25) is 5.02 Å². The van der Waals surface area contributed by atoms with Crippen molar-refractivity contribution in [3.8, 4) is 5.75 Å². The highest BCUT2D eigenvalue weighted by atomic mass is 35.5. The molecule has 1 aliphatic heterocycles. The zero-order valence-corrected chi connectivity index (χ0v) is 8.34. The number of hydrogen-bond acceptors (Lipinski definition) is 2. The maximum atomic E-state index is 10.8. The number of fused-ring (bicyclic) bond motifs is 1. The number of hydrogen-bond donors (Lipinski definition) is 1. The molecule has 0 saturated carbocycles. The fourth-order valence-electron chi connectivity index (χ4n) is 1.62. The number of halogens is 1. The molecule has 0 amide bonds. The van der Waals surface area contributed by atoms with Crippen LogP contribution in [-0.4, -0.2) is 17.7 Å². The van der Waals surface area contributed by atoms with Crippen molar-refractivity contribution in [2.45, 2.75) is 12.8 Å². The Bertz CT molecular complexity index is 401. The zero-order chi connectivity index (χ0) is 10.3. The van der Waals surface area contributed by atoms with Crippen molar-refractivity contribution in [3.05, 3.63) is 28.3 Å². The molecule has 0 saturated heterocycles. The summed E-state index contributed by atoms with van der Waals surface area (Å²) in [7, 11) is 0. The smallest absolute Gasteiger partial charge is 0.314 e. The topological polar surface area (TPSA) is 46.5 Å². The van der Waals surface area contributed by atoms with E-state index < -0.39 is 11.9 Å². The Labute approximate surface area is 86.3 Å². The second kappa shape index (κ2) is 3.17. The average molecular weight is 213 g/mol. The molecule has 0 aromatic heterocycles. The van der Waals surface area contributed by atoms with E-state index in [4.69, 9.17) is 21.4 Å². The lowest BCUT2D eigenvalue weighted by atomic mass is 10.00. The summed E-state index contributed by atoms with van der Waals surface area (Å²) in [5.41, 5.74) is 1.53. The van der Waals surface area contributed by atoms with Crippen LogP contribution >= 0.6 is 11.6 Å². The third-order valence-corrected chi connectivity index (χ3v) is 2.85. The van der Waals surface area contributed by atoms with Gasteiger partial charge in [-0.3, -0.25) is 4.79 Å². The van der Waals surface area contributed by atoms with Gasteiger partial charge in [-0.1, -0.05) is 17.7 Å². The largest absolute Gasteiger partial charge is 0.492 e. The van der Waals surface area contributed by atoms with E-state index in [2.05, 4.69) is 0 Å². The lowest BCUT2D eigenvalue weighted by Crippen LogP contribution is -2.12. The van der Waals surface area contributed by atoms with Gasteiger partial charge < -0.3 is 9.84 Å². The minimum Gasteiger partial charge on any atom is -0.492 e. The summed E-state index contributed by atoms with van der Waals surface area (Å²) in [6, 6.07) is 3.43. The van der Waals surface area contributed by atoms with E-state index in [-0.39, 0.29) is 6.61 Å². The second-order valence-corrected chi connectivity index (χ2v) is 3.70. The summed E-state index contributed by atoms with van der Waals surface area (Å²) in [5, 5.41) is 9.51. The van der Waals surface area contributed by atoms with E-state index in [1.54, 1.807) is 12.1 Å². The predicted octanol–water partition coefficient (Wildman–Crippen LogP) is 2.21. The summed E-state index contributed by atoms with van der Waals surface area (Å²) >= 11 is 5.89. The molecular formula is C10H9ClO3. The van der Waals surface area contributed by atoms with Gasteiger partial charge in [0.2, 0.25) is 0 Å². The monoisotopic (exact) mass is 212 g/mol. The highest BCUT2D eigenvalue weighted by Gasteiger charge is 2.31. The summed E-state index contributed by atoms with van der Waals surface area (Å²) in [6.45, 7) is 2.03. The molecule has 1 atom stereocenters. The minimum atomic E-state index is -0.856. The second-order valence-electron chi connectivity index (χ2n) is 3.29. The molecule has 1 unspecified atom stereocenters. The molecule has 14 heavy (non-hydrogen) atoms. The first-order valence-corrected chi connectivity index (χ1v) is 4.63. The van der Waals surface area contributed by atoms with Gasteiger partial charge in [-0.2, -0.15) is 0 Å². The standard InChI is InChI=1S/C10H9ClO3/c1-5-8(11)3-2-6-7(10(12)13)4-14-9(5)6/h2-3,7H,4H2,1H3,(H,12,13). The molecule has 1 heterocycles. The van der Waals surface area contributed by atoms with Gasteiger partial charge in [-0.05, 0) is 13.0 Å². The van der Waals surface area contributed by atoms with Crippen molar-refractivity contribution in [2.75, 3.05) is 6.61 Å². The highest BCUT2D eigenvalue weighted by molar-refractivity contribution is 6.31. The normalized spacial score (nSPS) is 18.9. The Morgan fingerprint density at radius 2 is 2.36 bits per heavy atom. The lowest BCUT2D eigenvalue weighted by molar-refractivity contribution is -0.138. The van der Waals surface area contributed by atoms with Crippen molar-refractivity contribution in [2.24, 2.45) is 0 Å². The molecule has 1 aliphatic rings. The van der Waals surface area contributed by atoms with E-state index in [1.807, 2.05) is 6.92 Å². The Kier molecular flexibility index (Phi) is 2.11. The number of carboxylic acid groups (broad SMARTS) is 1. The Morgan fingerprint density at radius 1 is 1.64 bits per heavy atom. The van der Waals surface area contributed by atoms with Crippen LogP contribution in [0.25, 0.3) is 0 Å².